The van der Waals surface area contributed by atoms with Crippen molar-refractivity contribution in [2.45, 2.75) is 44.1 Å². The molecule has 2 aromatic carbocycles. The van der Waals surface area contributed by atoms with Gasteiger partial charge in [-0.2, -0.15) is 8.78 Å². The van der Waals surface area contributed by atoms with Crippen LogP contribution in [0, 0.1) is 0 Å². The van der Waals surface area contributed by atoms with Crippen LogP contribution < -0.4 is 18.9 Å². The summed E-state index contributed by atoms with van der Waals surface area (Å²) >= 11 is 0. The first-order valence-electron chi connectivity index (χ1n) is 15.1. The van der Waals surface area contributed by atoms with E-state index in [0.29, 0.717) is 38.8 Å². The Bertz CT molecular complexity index is 1430. The van der Waals surface area contributed by atoms with Gasteiger partial charge in [0, 0.05) is 37.6 Å². The highest BCUT2D eigenvalue weighted by Gasteiger charge is 2.48. The van der Waals surface area contributed by atoms with Crippen molar-refractivity contribution in [3.05, 3.63) is 77.6 Å². The molecule has 1 aliphatic heterocycles. The highest BCUT2D eigenvalue weighted by Crippen LogP contribution is 2.43. The number of benzene rings is 2. The lowest BCUT2D eigenvalue weighted by molar-refractivity contribution is -0.160. The van der Waals surface area contributed by atoms with E-state index in [1.807, 2.05) is 36.4 Å². The van der Waals surface area contributed by atoms with E-state index < -0.39 is 29.5 Å². The molecule has 0 aliphatic carbocycles. The van der Waals surface area contributed by atoms with Crippen molar-refractivity contribution in [2.24, 2.45) is 0 Å². The van der Waals surface area contributed by atoms with E-state index in [9.17, 15) is 9.59 Å². The number of rotatable bonds is 15. The van der Waals surface area contributed by atoms with Crippen LogP contribution in [0.15, 0.2) is 60.9 Å². The molecule has 12 heteroatoms. The summed E-state index contributed by atoms with van der Waals surface area (Å²) in [5.74, 6) is -4.40. The van der Waals surface area contributed by atoms with Crippen LogP contribution in [-0.4, -0.2) is 87.5 Å². The zero-order valence-electron chi connectivity index (χ0n) is 26.7. The van der Waals surface area contributed by atoms with Crippen LogP contribution in [0.5, 0.6) is 23.0 Å². The summed E-state index contributed by atoms with van der Waals surface area (Å²) in [6.45, 7) is 0.718. The summed E-state index contributed by atoms with van der Waals surface area (Å²) in [6, 6.07) is 12.9. The van der Waals surface area contributed by atoms with E-state index in [4.69, 9.17) is 23.7 Å². The topological polar surface area (TPSA) is 99.7 Å². The molecular weight excluding hydrogens is 600 g/mol. The van der Waals surface area contributed by atoms with Gasteiger partial charge in [0.25, 0.3) is 5.91 Å². The smallest absolute Gasteiger partial charge is 0.409 e. The zero-order chi connectivity index (χ0) is 33.1. The predicted octanol–water partition coefficient (Wildman–Crippen LogP) is 5.51. The van der Waals surface area contributed by atoms with Gasteiger partial charge in [-0.3, -0.25) is 9.78 Å². The lowest BCUT2D eigenvalue weighted by Crippen LogP contribution is -2.47. The quantitative estimate of drug-likeness (QED) is 0.214. The molecule has 1 aliphatic rings. The normalized spacial score (nSPS) is 14.5. The van der Waals surface area contributed by atoms with Crippen molar-refractivity contribution in [1.29, 1.82) is 0 Å². The summed E-state index contributed by atoms with van der Waals surface area (Å²) in [7, 11) is 5.58. The largest absolute Gasteiger partial charge is 0.497 e. The molecule has 1 saturated heterocycles. The van der Waals surface area contributed by atoms with Crippen LogP contribution in [0.3, 0.4) is 0 Å². The third kappa shape index (κ3) is 8.35. The Morgan fingerprint density at radius 1 is 0.935 bits per heavy atom. The Hall–Kier alpha value is -4.61. The fourth-order valence-corrected chi connectivity index (χ4v) is 5.51. The van der Waals surface area contributed by atoms with Crippen LogP contribution in [0.2, 0.25) is 0 Å². The number of hydrogen-bond acceptors (Lipinski definition) is 8. The van der Waals surface area contributed by atoms with E-state index >= 15 is 8.78 Å². The second-order valence-electron chi connectivity index (χ2n) is 10.9. The van der Waals surface area contributed by atoms with Gasteiger partial charge in [-0.05, 0) is 73.6 Å². The second kappa shape index (κ2) is 16.1. The summed E-state index contributed by atoms with van der Waals surface area (Å²) < 4.78 is 58.0. The van der Waals surface area contributed by atoms with Gasteiger partial charge in [-0.25, -0.2) is 4.79 Å². The SMILES string of the molecule is COc1cccc(CCN(CCCc2cccnc2)C(=O)OC[C@@H]2CCCN2C(=O)C(F)(F)c2cc(OC)c(OC)c(OC)c2)c1. The summed E-state index contributed by atoms with van der Waals surface area (Å²) in [4.78, 5) is 33.5. The maximum Gasteiger partial charge on any atom is 0.409 e. The molecule has 10 nitrogen and oxygen atoms in total. The van der Waals surface area contributed by atoms with E-state index in [1.54, 1.807) is 24.4 Å². The molecule has 4 rings (SSSR count). The number of pyridine rings is 1. The minimum atomic E-state index is -3.89. The van der Waals surface area contributed by atoms with Gasteiger partial charge < -0.3 is 33.5 Å². The molecule has 1 fully saturated rings. The first kappa shape index (κ1) is 34.3. The molecule has 1 atom stereocenters. The number of hydrogen-bond donors (Lipinski definition) is 0. The van der Waals surface area contributed by atoms with Gasteiger partial charge in [0.05, 0.1) is 34.5 Å². The number of ether oxygens (including phenoxy) is 5. The van der Waals surface area contributed by atoms with Crippen molar-refractivity contribution in [3.63, 3.8) is 0 Å². The lowest BCUT2D eigenvalue weighted by atomic mass is 10.0. The summed E-state index contributed by atoms with van der Waals surface area (Å²) in [5, 5.41) is 0. The molecule has 0 unspecified atom stereocenters. The first-order valence-corrected chi connectivity index (χ1v) is 15.1. The molecule has 0 spiro atoms. The molecule has 0 N–H and O–H groups in total. The van der Waals surface area contributed by atoms with Gasteiger partial charge in [0.15, 0.2) is 11.5 Å². The Morgan fingerprint density at radius 3 is 2.33 bits per heavy atom. The highest BCUT2D eigenvalue weighted by molar-refractivity contribution is 5.86. The molecule has 0 bridgehead atoms. The van der Waals surface area contributed by atoms with Crippen LogP contribution >= 0.6 is 0 Å². The number of methoxy groups -OCH3 is 4. The number of carbonyl (C=O) groups is 2. The number of halogens is 2. The Balaban J connectivity index is 1.43. The van der Waals surface area contributed by atoms with Gasteiger partial charge >= 0.3 is 12.0 Å². The monoisotopic (exact) mass is 641 g/mol. The molecule has 0 radical (unpaired) electrons. The number of aromatic nitrogens is 1. The maximum absolute atomic E-state index is 15.7. The Labute approximate surface area is 268 Å². The van der Waals surface area contributed by atoms with Crippen LogP contribution in [0.25, 0.3) is 0 Å². The van der Waals surface area contributed by atoms with Crippen molar-refractivity contribution in [1.82, 2.24) is 14.8 Å². The fraction of sp³-hybridized carbons (Fsp3) is 0.441. The van der Waals surface area contributed by atoms with E-state index in [1.165, 1.54) is 21.3 Å². The van der Waals surface area contributed by atoms with Crippen molar-refractivity contribution < 1.29 is 42.1 Å². The molecule has 0 saturated carbocycles. The molecule has 248 valence electrons. The Kier molecular flexibility index (Phi) is 12.0. The number of likely N-dealkylation sites (tertiary alicyclic amines) is 1. The number of amides is 2. The number of carbonyl (C=O) groups excluding carboxylic acids is 2. The van der Waals surface area contributed by atoms with E-state index in [-0.39, 0.29) is 30.4 Å². The minimum Gasteiger partial charge on any atom is -0.497 e. The van der Waals surface area contributed by atoms with Crippen molar-refractivity contribution in [2.75, 3.05) is 54.7 Å². The third-order valence-electron chi connectivity index (χ3n) is 8.01. The molecule has 2 amide bonds. The van der Waals surface area contributed by atoms with Gasteiger partial charge in [0.2, 0.25) is 5.75 Å². The average molecular weight is 642 g/mol. The molecule has 3 aromatic rings. The molecule has 2 heterocycles. The average Bonchev–Trinajstić information content (AvgIpc) is 3.56. The minimum absolute atomic E-state index is 0.00814. The van der Waals surface area contributed by atoms with Crippen LogP contribution in [-0.2, 0) is 28.3 Å². The predicted molar refractivity (Wildman–Crippen MR) is 167 cm³/mol. The number of aryl methyl sites for hydroxylation is 1. The van der Waals surface area contributed by atoms with Gasteiger partial charge in [-0.1, -0.05) is 18.2 Å². The highest BCUT2D eigenvalue weighted by atomic mass is 19.3. The molecular formula is C34H41F2N3O7. The lowest BCUT2D eigenvalue weighted by Gasteiger charge is -2.30. The summed E-state index contributed by atoms with van der Waals surface area (Å²) in [5.41, 5.74) is 1.45. The fourth-order valence-electron chi connectivity index (χ4n) is 5.51. The molecule has 1 aromatic heterocycles. The third-order valence-corrected chi connectivity index (χ3v) is 8.01. The van der Waals surface area contributed by atoms with Crippen LogP contribution in [0.4, 0.5) is 13.6 Å². The van der Waals surface area contributed by atoms with Crippen molar-refractivity contribution >= 4 is 12.0 Å². The van der Waals surface area contributed by atoms with E-state index in [2.05, 4.69) is 4.98 Å². The van der Waals surface area contributed by atoms with E-state index in [0.717, 1.165) is 40.3 Å². The Morgan fingerprint density at radius 2 is 1.67 bits per heavy atom. The van der Waals surface area contributed by atoms with Gasteiger partial charge in [-0.15, -0.1) is 0 Å². The summed E-state index contributed by atoms with van der Waals surface area (Å²) in [6.07, 6.45) is 5.82. The zero-order valence-corrected chi connectivity index (χ0v) is 26.7. The van der Waals surface area contributed by atoms with Gasteiger partial charge in [0.1, 0.15) is 12.4 Å². The number of nitrogens with zero attached hydrogens (tertiary/aromatic N) is 3. The van der Waals surface area contributed by atoms with Crippen LogP contribution in [0.1, 0.15) is 36.0 Å². The second-order valence-corrected chi connectivity index (χ2v) is 10.9. The van der Waals surface area contributed by atoms with Crippen molar-refractivity contribution in [3.8, 4) is 23.0 Å². The molecule has 46 heavy (non-hydrogen) atoms. The first-order chi connectivity index (χ1) is 22.2. The standard InChI is InChI=1S/C34H41F2N3O7/c1-42-28-13-5-9-24(19-28)14-18-38(16-7-11-25-10-6-15-37-22-25)33(41)46-23-27-12-8-17-39(27)32(40)34(35,36)26-20-29(43-2)31(45-4)30(21-26)44-3/h5-6,9-10,13,15,19-22,27H,7-8,11-12,14,16-18,23H2,1-4H3/t27-/m0/s1. The maximum atomic E-state index is 15.7. The number of alkyl halides is 2.